The first-order valence-electron chi connectivity index (χ1n) is 6.17. The predicted octanol–water partition coefficient (Wildman–Crippen LogP) is 2.67. The van der Waals surface area contributed by atoms with E-state index in [4.69, 9.17) is 0 Å². The molecule has 0 saturated heterocycles. The van der Waals surface area contributed by atoms with E-state index >= 15 is 0 Å². The molecule has 2 aromatic rings. The van der Waals surface area contributed by atoms with Crippen LogP contribution in [0.5, 0.6) is 11.5 Å². The van der Waals surface area contributed by atoms with E-state index in [1.807, 2.05) is 12.1 Å². The van der Waals surface area contributed by atoms with Crippen molar-refractivity contribution >= 4 is 17.3 Å². The van der Waals surface area contributed by atoms with E-state index in [9.17, 15) is 15.0 Å². The minimum absolute atomic E-state index is 0.106. The highest BCUT2D eigenvalue weighted by Crippen LogP contribution is 2.25. The monoisotopic (exact) mass is 272 g/mol. The molecule has 0 aliphatic rings. The van der Waals surface area contributed by atoms with E-state index in [1.54, 1.807) is 18.2 Å². The van der Waals surface area contributed by atoms with Crippen LogP contribution in [0.25, 0.3) is 0 Å². The molecule has 0 heterocycles. The van der Waals surface area contributed by atoms with Gasteiger partial charge in [0.05, 0.1) is 0 Å². The second kappa shape index (κ2) is 5.97. The number of hydrogen-bond acceptors (Lipinski definition) is 4. The third-order valence-electron chi connectivity index (χ3n) is 2.74. The molecule has 0 saturated carbocycles. The van der Waals surface area contributed by atoms with Gasteiger partial charge in [0.1, 0.15) is 0 Å². The highest BCUT2D eigenvalue weighted by Gasteiger charge is 2.01. The average Bonchev–Trinajstić information content (AvgIpc) is 2.41. The van der Waals surface area contributed by atoms with Crippen LogP contribution in [0.4, 0.5) is 11.4 Å². The average molecular weight is 272 g/mol. The number of amides is 1. The summed E-state index contributed by atoms with van der Waals surface area (Å²) in [4.78, 5) is 10.9. The molecular formula is C15H16N2O3. The Kier molecular flexibility index (Phi) is 4.10. The van der Waals surface area contributed by atoms with Crippen molar-refractivity contribution in [1.29, 1.82) is 0 Å². The number of carbonyl (C=O) groups excluding carboxylic acids is 1. The molecule has 104 valence electrons. The second-order valence-corrected chi connectivity index (χ2v) is 4.44. The highest BCUT2D eigenvalue weighted by molar-refractivity contribution is 5.88. The number of phenolic OH excluding ortho intramolecular Hbond substituents is 2. The predicted molar refractivity (Wildman–Crippen MR) is 77.8 cm³/mol. The van der Waals surface area contributed by atoms with Crippen molar-refractivity contribution in [1.82, 2.24) is 0 Å². The summed E-state index contributed by atoms with van der Waals surface area (Å²) < 4.78 is 0. The van der Waals surface area contributed by atoms with Crippen LogP contribution in [-0.4, -0.2) is 16.1 Å². The molecule has 0 bridgehead atoms. The minimum atomic E-state index is -0.134. The molecule has 5 heteroatoms. The molecule has 20 heavy (non-hydrogen) atoms. The maximum absolute atomic E-state index is 10.9. The summed E-state index contributed by atoms with van der Waals surface area (Å²) in [7, 11) is 0. The number of nitrogens with one attached hydrogen (secondary N) is 2. The Bertz CT molecular complexity index is 609. The van der Waals surface area contributed by atoms with Crippen molar-refractivity contribution in [2.24, 2.45) is 0 Å². The zero-order valence-corrected chi connectivity index (χ0v) is 11.1. The first-order valence-corrected chi connectivity index (χ1v) is 6.17. The van der Waals surface area contributed by atoms with Crippen molar-refractivity contribution in [3.05, 3.63) is 48.0 Å². The number of benzene rings is 2. The van der Waals surface area contributed by atoms with Gasteiger partial charge in [0.2, 0.25) is 5.91 Å². The van der Waals surface area contributed by atoms with Crippen LogP contribution in [-0.2, 0) is 11.3 Å². The Morgan fingerprint density at radius 3 is 2.25 bits per heavy atom. The summed E-state index contributed by atoms with van der Waals surface area (Å²) in [5, 5.41) is 24.5. The van der Waals surface area contributed by atoms with Gasteiger partial charge >= 0.3 is 0 Å². The van der Waals surface area contributed by atoms with Crippen molar-refractivity contribution < 1.29 is 15.0 Å². The van der Waals surface area contributed by atoms with E-state index in [0.29, 0.717) is 6.54 Å². The summed E-state index contributed by atoms with van der Waals surface area (Å²) in [6.07, 6.45) is 0. The maximum atomic E-state index is 10.9. The van der Waals surface area contributed by atoms with Crippen molar-refractivity contribution in [2.45, 2.75) is 13.5 Å². The van der Waals surface area contributed by atoms with Gasteiger partial charge in [-0.2, -0.15) is 0 Å². The van der Waals surface area contributed by atoms with Crippen LogP contribution in [0.1, 0.15) is 12.5 Å². The van der Waals surface area contributed by atoms with Crippen LogP contribution in [0, 0.1) is 0 Å². The smallest absolute Gasteiger partial charge is 0.221 e. The van der Waals surface area contributed by atoms with Gasteiger partial charge < -0.3 is 20.8 Å². The Morgan fingerprint density at radius 1 is 1.00 bits per heavy atom. The third kappa shape index (κ3) is 3.65. The topological polar surface area (TPSA) is 81.6 Å². The molecule has 0 radical (unpaired) electrons. The summed E-state index contributed by atoms with van der Waals surface area (Å²) in [5.41, 5.74) is 2.49. The first kappa shape index (κ1) is 13.7. The van der Waals surface area contributed by atoms with Gasteiger partial charge in [-0.25, -0.2) is 0 Å². The third-order valence-corrected chi connectivity index (χ3v) is 2.74. The standard InChI is InChI=1S/C15H16N2O3/c1-10(18)17-13-5-3-12(4-6-13)16-9-11-2-7-14(19)15(20)8-11/h2-8,16,19-20H,9H2,1H3,(H,17,18). The largest absolute Gasteiger partial charge is 0.504 e. The fraction of sp³-hybridized carbons (Fsp3) is 0.133. The molecule has 2 rings (SSSR count). The summed E-state index contributed by atoms with van der Waals surface area (Å²) in [6, 6.07) is 12.0. The van der Waals surface area contributed by atoms with Gasteiger partial charge in [-0.1, -0.05) is 6.07 Å². The molecule has 0 aromatic heterocycles. The molecule has 1 amide bonds. The molecule has 0 atom stereocenters. The number of phenols is 2. The minimum Gasteiger partial charge on any atom is -0.504 e. The molecule has 0 unspecified atom stereocenters. The number of carbonyl (C=O) groups is 1. The summed E-state index contributed by atoms with van der Waals surface area (Å²) in [6.45, 7) is 1.98. The number of rotatable bonds is 4. The maximum Gasteiger partial charge on any atom is 0.221 e. The van der Waals surface area contributed by atoms with E-state index in [1.165, 1.54) is 19.1 Å². The molecule has 5 nitrogen and oxygen atoms in total. The van der Waals surface area contributed by atoms with E-state index in [-0.39, 0.29) is 17.4 Å². The zero-order valence-electron chi connectivity index (χ0n) is 11.1. The molecular weight excluding hydrogens is 256 g/mol. The highest BCUT2D eigenvalue weighted by atomic mass is 16.3. The Morgan fingerprint density at radius 2 is 1.65 bits per heavy atom. The molecule has 0 aliphatic carbocycles. The van der Waals surface area contributed by atoms with Gasteiger partial charge in [0.25, 0.3) is 0 Å². The summed E-state index contributed by atoms with van der Waals surface area (Å²) >= 11 is 0. The molecule has 2 aromatic carbocycles. The fourth-order valence-electron chi connectivity index (χ4n) is 1.76. The second-order valence-electron chi connectivity index (χ2n) is 4.44. The van der Waals surface area contributed by atoms with Gasteiger partial charge in [-0.05, 0) is 42.0 Å². The number of anilines is 2. The summed E-state index contributed by atoms with van der Waals surface area (Å²) in [5.74, 6) is -0.371. The first-order chi connectivity index (χ1) is 9.54. The SMILES string of the molecule is CC(=O)Nc1ccc(NCc2ccc(O)c(O)c2)cc1. The van der Waals surface area contributed by atoms with E-state index in [0.717, 1.165) is 16.9 Å². The lowest BCUT2D eigenvalue weighted by Gasteiger charge is -2.08. The molecule has 0 spiro atoms. The molecule has 0 fully saturated rings. The molecule has 0 aliphatic heterocycles. The normalized spacial score (nSPS) is 10.1. The van der Waals surface area contributed by atoms with Crippen LogP contribution >= 0.6 is 0 Å². The van der Waals surface area contributed by atoms with Gasteiger partial charge in [0, 0.05) is 24.8 Å². The van der Waals surface area contributed by atoms with Crippen LogP contribution in [0.2, 0.25) is 0 Å². The van der Waals surface area contributed by atoms with Gasteiger partial charge in [-0.15, -0.1) is 0 Å². The lowest BCUT2D eigenvalue weighted by atomic mass is 10.2. The lowest BCUT2D eigenvalue weighted by molar-refractivity contribution is -0.114. The Balaban J connectivity index is 1.96. The van der Waals surface area contributed by atoms with Crippen LogP contribution < -0.4 is 10.6 Å². The zero-order chi connectivity index (χ0) is 14.5. The number of hydrogen-bond donors (Lipinski definition) is 4. The Labute approximate surface area is 116 Å². The number of aromatic hydroxyl groups is 2. The Hall–Kier alpha value is -2.69. The van der Waals surface area contributed by atoms with Gasteiger partial charge in [0.15, 0.2) is 11.5 Å². The fourth-order valence-corrected chi connectivity index (χ4v) is 1.76. The van der Waals surface area contributed by atoms with Crippen LogP contribution in [0.3, 0.4) is 0 Å². The van der Waals surface area contributed by atoms with E-state index < -0.39 is 0 Å². The molecule has 4 N–H and O–H groups in total. The quantitative estimate of drug-likeness (QED) is 0.645. The van der Waals surface area contributed by atoms with Crippen molar-refractivity contribution in [3.63, 3.8) is 0 Å². The van der Waals surface area contributed by atoms with Crippen molar-refractivity contribution in [2.75, 3.05) is 10.6 Å². The van der Waals surface area contributed by atoms with Crippen molar-refractivity contribution in [3.8, 4) is 11.5 Å². The lowest BCUT2D eigenvalue weighted by Crippen LogP contribution is -2.05. The van der Waals surface area contributed by atoms with Crippen LogP contribution in [0.15, 0.2) is 42.5 Å². The van der Waals surface area contributed by atoms with Gasteiger partial charge in [-0.3, -0.25) is 4.79 Å². The van der Waals surface area contributed by atoms with E-state index in [2.05, 4.69) is 10.6 Å².